The number of piperazine rings is 1. The molecule has 4 nitrogen and oxygen atoms in total. The second kappa shape index (κ2) is 6.35. The molecule has 0 unspecified atom stereocenters. The maximum atomic E-state index is 13.1. The summed E-state index contributed by atoms with van der Waals surface area (Å²) < 4.78 is 13.1. The standard InChI is InChI=1S/C22H20FN3O/c23-17-7-9-18(10-8-17)25-13-11-24(12-14-25)15-26-20-6-2-4-16-3-1-5-19(21(16)20)22(26)27/h1-10H,11-15H2/p+1. The van der Waals surface area contributed by atoms with Gasteiger partial charge in [-0.1, -0.05) is 24.3 Å². The molecule has 1 fully saturated rings. The van der Waals surface area contributed by atoms with Crippen LogP contribution in [0.25, 0.3) is 10.8 Å². The van der Waals surface area contributed by atoms with Gasteiger partial charge in [-0.05, 0) is 41.8 Å². The van der Waals surface area contributed by atoms with E-state index in [0.717, 1.165) is 53.9 Å². The van der Waals surface area contributed by atoms with E-state index in [1.807, 2.05) is 41.3 Å². The summed E-state index contributed by atoms with van der Waals surface area (Å²) in [5.74, 6) is -0.0976. The molecule has 27 heavy (non-hydrogen) atoms. The fourth-order valence-corrected chi connectivity index (χ4v) is 4.25. The monoisotopic (exact) mass is 362 g/mol. The van der Waals surface area contributed by atoms with Crippen molar-refractivity contribution >= 4 is 28.1 Å². The summed E-state index contributed by atoms with van der Waals surface area (Å²) in [5, 5.41) is 2.20. The number of rotatable bonds is 3. The Balaban J connectivity index is 1.31. The number of halogens is 1. The van der Waals surface area contributed by atoms with E-state index in [4.69, 9.17) is 0 Å². The molecule has 0 bridgehead atoms. The van der Waals surface area contributed by atoms with E-state index < -0.39 is 0 Å². The number of carbonyl (C=O) groups excluding carboxylic acids is 1. The molecular weight excluding hydrogens is 341 g/mol. The molecule has 2 aliphatic heterocycles. The Hall–Kier alpha value is -2.92. The van der Waals surface area contributed by atoms with Gasteiger partial charge in [0.25, 0.3) is 5.91 Å². The molecule has 5 heteroatoms. The zero-order valence-corrected chi connectivity index (χ0v) is 15.0. The molecule has 2 heterocycles. The number of carbonyl (C=O) groups is 1. The van der Waals surface area contributed by atoms with Crippen LogP contribution in [-0.2, 0) is 0 Å². The molecule has 2 aliphatic rings. The molecule has 1 amide bonds. The second-order valence-corrected chi connectivity index (χ2v) is 7.29. The summed E-state index contributed by atoms with van der Waals surface area (Å²) in [5.41, 5.74) is 2.90. The van der Waals surface area contributed by atoms with Crippen molar-refractivity contribution in [3.05, 3.63) is 72.0 Å². The zero-order chi connectivity index (χ0) is 18.4. The molecule has 1 N–H and O–H groups in total. The van der Waals surface area contributed by atoms with E-state index in [2.05, 4.69) is 17.0 Å². The molecular formula is C22H21FN3O+. The third-order valence-corrected chi connectivity index (χ3v) is 5.69. The molecule has 0 aromatic heterocycles. The Morgan fingerprint density at radius 2 is 1.63 bits per heavy atom. The van der Waals surface area contributed by atoms with Crippen LogP contribution in [0.1, 0.15) is 10.4 Å². The van der Waals surface area contributed by atoms with Crippen LogP contribution in [-0.4, -0.2) is 38.8 Å². The maximum Gasteiger partial charge on any atom is 0.263 e. The van der Waals surface area contributed by atoms with E-state index in [1.54, 1.807) is 0 Å². The first-order valence-corrected chi connectivity index (χ1v) is 9.38. The Kier molecular flexibility index (Phi) is 3.83. The Morgan fingerprint density at radius 3 is 2.37 bits per heavy atom. The second-order valence-electron chi connectivity index (χ2n) is 7.29. The first kappa shape index (κ1) is 16.3. The molecule has 0 spiro atoms. The number of nitrogens with zero attached hydrogens (tertiary/aromatic N) is 2. The highest BCUT2D eigenvalue weighted by Crippen LogP contribution is 2.36. The third kappa shape index (κ3) is 2.75. The van der Waals surface area contributed by atoms with Crippen LogP contribution in [0.3, 0.4) is 0 Å². The van der Waals surface area contributed by atoms with Crippen molar-refractivity contribution in [3.63, 3.8) is 0 Å². The fourth-order valence-electron chi connectivity index (χ4n) is 4.25. The van der Waals surface area contributed by atoms with Crippen LogP contribution in [0.15, 0.2) is 60.7 Å². The predicted octanol–water partition coefficient (Wildman–Crippen LogP) is 2.30. The van der Waals surface area contributed by atoms with E-state index >= 15 is 0 Å². The van der Waals surface area contributed by atoms with Crippen molar-refractivity contribution in [2.24, 2.45) is 0 Å². The summed E-state index contributed by atoms with van der Waals surface area (Å²) in [7, 11) is 0. The molecule has 0 aliphatic carbocycles. The number of hydrogen-bond donors (Lipinski definition) is 1. The van der Waals surface area contributed by atoms with Crippen molar-refractivity contribution in [1.82, 2.24) is 0 Å². The molecule has 0 saturated carbocycles. The molecule has 1 saturated heterocycles. The van der Waals surface area contributed by atoms with Crippen LogP contribution < -0.4 is 14.7 Å². The van der Waals surface area contributed by atoms with Gasteiger partial charge in [0, 0.05) is 11.1 Å². The highest BCUT2D eigenvalue weighted by atomic mass is 19.1. The quantitative estimate of drug-likeness (QED) is 0.774. The number of anilines is 2. The summed E-state index contributed by atoms with van der Waals surface area (Å²) in [6, 6.07) is 18.8. The minimum absolute atomic E-state index is 0.107. The number of hydrogen-bond acceptors (Lipinski definition) is 2. The number of quaternary nitrogens is 1. The molecule has 3 aromatic carbocycles. The van der Waals surface area contributed by atoms with E-state index in [0.29, 0.717) is 6.67 Å². The van der Waals surface area contributed by atoms with Crippen molar-refractivity contribution in [1.29, 1.82) is 0 Å². The fraction of sp³-hybridized carbons (Fsp3) is 0.227. The first-order valence-electron chi connectivity index (χ1n) is 9.38. The largest absolute Gasteiger partial charge is 0.360 e. The zero-order valence-electron chi connectivity index (χ0n) is 15.0. The summed E-state index contributed by atoms with van der Waals surface area (Å²) in [6.45, 7) is 4.39. The average Bonchev–Trinajstić information content (AvgIpc) is 2.97. The van der Waals surface area contributed by atoms with Crippen LogP contribution >= 0.6 is 0 Å². The third-order valence-electron chi connectivity index (χ3n) is 5.69. The number of nitrogens with one attached hydrogen (secondary N) is 1. The van der Waals surface area contributed by atoms with Crippen molar-refractivity contribution < 1.29 is 14.1 Å². The van der Waals surface area contributed by atoms with Crippen LogP contribution in [0.2, 0.25) is 0 Å². The van der Waals surface area contributed by atoms with Crippen molar-refractivity contribution in [2.45, 2.75) is 0 Å². The predicted molar refractivity (Wildman–Crippen MR) is 105 cm³/mol. The van der Waals surface area contributed by atoms with Crippen LogP contribution in [0, 0.1) is 5.82 Å². The van der Waals surface area contributed by atoms with Gasteiger partial charge in [-0.25, -0.2) is 4.39 Å². The van der Waals surface area contributed by atoms with Crippen molar-refractivity contribution in [3.8, 4) is 0 Å². The molecule has 3 aromatic rings. The van der Waals surface area contributed by atoms with Gasteiger partial charge in [0.05, 0.1) is 37.4 Å². The highest BCUT2D eigenvalue weighted by molar-refractivity contribution is 6.24. The molecule has 0 atom stereocenters. The summed E-state index contributed by atoms with van der Waals surface area (Å²) in [6.07, 6.45) is 0. The molecule has 136 valence electrons. The van der Waals surface area contributed by atoms with Crippen LogP contribution in [0.5, 0.6) is 0 Å². The Bertz CT molecular complexity index is 1000. The SMILES string of the molecule is O=C1c2cccc3cccc(c23)N1C[NH+]1CCN(c2ccc(F)cc2)CC1. The van der Waals surface area contributed by atoms with E-state index in [-0.39, 0.29) is 11.7 Å². The summed E-state index contributed by atoms with van der Waals surface area (Å²) >= 11 is 0. The average molecular weight is 362 g/mol. The van der Waals surface area contributed by atoms with Gasteiger partial charge in [-0.3, -0.25) is 9.69 Å². The lowest BCUT2D eigenvalue weighted by Gasteiger charge is -2.35. The summed E-state index contributed by atoms with van der Waals surface area (Å²) in [4.78, 5) is 18.5. The van der Waals surface area contributed by atoms with Gasteiger partial charge in [-0.15, -0.1) is 0 Å². The van der Waals surface area contributed by atoms with Gasteiger partial charge in [0.1, 0.15) is 5.82 Å². The van der Waals surface area contributed by atoms with E-state index in [9.17, 15) is 9.18 Å². The lowest BCUT2D eigenvalue weighted by molar-refractivity contribution is -0.899. The van der Waals surface area contributed by atoms with Gasteiger partial charge in [-0.2, -0.15) is 0 Å². The van der Waals surface area contributed by atoms with Gasteiger partial charge in [0.15, 0.2) is 6.67 Å². The minimum atomic E-state index is -0.204. The minimum Gasteiger partial charge on any atom is -0.360 e. The number of amides is 1. The van der Waals surface area contributed by atoms with Crippen LogP contribution in [0.4, 0.5) is 15.8 Å². The maximum absolute atomic E-state index is 13.1. The van der Waals surface area contributed by atoms with Gasteiger partial charge < -0.3 is 9.80 Å². The Morgan fingerprint density at radius 1 is 0.926 bits per heavy atom. The molecule has 0 radical (unpaired) electrons. The number of benzene rings is 3. The lowest BCUT2D eigenvalue weighted by atomic mass is 10.1. The van der Waals surface area contributed by atoms with Crippen molar-refractivity contribution in [2.75, 3.05) is 42.6 Å². The van der Waals surface area contributed by atoms with Gasteiger partial charge >= 0.3 is 0 Å². The normalized spacial score (nSPS) is 17.1. The lowest BCUT2D eigenvalue weighted by Crippen LogP contribution is -3.16. The molecule has 5 rings (SSSR count). The first-order chi connectivity index (χ1) is 13.2. The van der Waals surface area contributed by atoms with Gasteiger partial charge in [0.2, 0.25) is 0 Å². The Labute approximate surface area is 157 Å². The highest BCUT2D eigenvalue weighted by Gasteiger charge is 2.33. The van der Waals surface area contributed by atoms with E-state index in [1.165, 1.54) is 17.0 Å². The topological polar surface area (TPSA) is 28.0 Å². The smallest absolute Gasteiger partial charge is 0.263 e.